The highest BCUT2D eigenvalue weighted by Gasteiger charge is 2.28. The second-order valence-corrected chi connectivity index (χ2v) is 6.79. The van der Waals surface area contributed by atoms with E-state index in [0.29, 0.717) is 0 Å². The lowest BCUT2D eigenvalue weighted by Gasteiger charge is -2.33. The van der Waals surface area contributed by atoms with Gasteiger partial charge >= 0.3 is 0 Å². The summed E-state index contributed by atoms with van der Waals surface area (Å²) in [5.74, 6) is -2.47. The third-order valence-corrected chi connectivity index (χ3v) is 4.59. The fraction of sp³-hybridized carbons (Fsp3) is 0.417. The molecule has 0 aliphatic carbocycles. The Labute approximate surface area is 121 Å². The highest BCUT2D eigenvalue weighted by Crippen LogP contribution is 2.20. The third kappa shape index (κ3) is 3.30. The zero-order valence-corrected chi connectivity index (χ0v) is 12.2. The van der Waals surface area contributed by atoms with Gasteiger partial charge in [-0.25, -0.2) is 17.2 Å². The summed E-state index contributed by atoms with van der Waals surface area (Å²) in [4.78, 5) is 13.5. The maximum Gasteiger partial charge on any atom is 0.257 e. The van der Waals surface area contributed by atoms with E-state index in [4.69, 9.17) is 5.73 Å². The molecule has 1 saturated heterocycles. The van der Waals surface area contributed by atoms with Gasteiger partial charge in [0.2, 0.25) is 10.0 Å². The van der Waals surface area contributed by atoms with Crippen LogP contribution in [0, 0.1) is 11.6 Å². The maximum absolute atomic E-state index is 13.8. The molecule has 0 atom stereocenters. The van der Waals surface area contributed by atoms with E-state index in [1.165, 1.54) is 9.21 Å². The van der Waals surface area contributed by atoms with Crippen LogP contribution in [0.15, 0.2) is 12.1 Å². The van der Waals surface area contributed by atoms with E-state index in [0.717, 1.165) is 18.4 Å². The van der Waals surface area contributed by atoms with E-state index in [2.05, 4.69) is 0 Å². The maximum atomic E-state index is 13.8. The Morgan fingerprint density at radius 1 is 1.19 bits per heavy atom. The Morgan fingerprint density at radius 2 is 1.76 bits per heavy atom. The minimum absolute atomic E-state index is 0.113. The van der Waals surface area contributed by atoms with Crippen molar-refractivity contribution in [2.75, 3.05) is 38.2 Å². The van der Waals surface area contributed by atoms with Crippen LogP contribution in [0.5, 0.6) is 0 Å². The summed E-state index contributed by atoms with van der Waals surface area (Å²) < 4.78 is 51.0. The molecule has 6 nitrogen and oxygen atoms in total. The second-order valence-electron chi connectivity index (χ2n) is 4.81. The second kappa shape index (κ2) is 5.57. The van der Waals surface area contributed by atoms with Crippen LogP contribution >= 0.6 is 0 Å². The summed E-state index contributed by atoms with van der Waals surface area (Å²) in [7, 11) is -3.32. The van der Waals surface area contributed by atoms with E-state index in [-0.39, 0.29) is 26.2 Å². The van der Waals surface area contributed by atoms with Crippen molar-refractivity contribution >= 4 is 21.6 Å². The van der Waals surface area contributed by atoms with E-state index < -0.39 is 38.8 Å². The van der Waals surface area contributed by atoms with E-state index in [1.807, 2.05) is 0 Å². The molecule has 1 amide bonds. The lowest BCUT2D eigenvalue weighted by atomic mass is 10.1. The first kappa shape index (κ1) is 15.6. The van der Waals surface area contributed by atoms with Crippen LogP contribution in [0.1, 0.15) is 10.4 Å². The summed E-state index contributed by atoms with van der Waals surface area (Å²) in [6.45, 7) is 0.470. The fourth-order valence-electron chi connectivity index (χ4n) is 2.16. The lowest BCUT2D eigenvalue weighted by molar-refractivity contribution is 0.0693. The normalized spacial score (nSPS) is 17.0. The van der Waals surface area contributed by atoms with Crippen molar-refractivity contribution in [3.8, 4) is 0 Å². The van der Waals surface area contributed by atoms with Gasteiger partial charge in [-0.15, -0.1) is 0 Å². The number of anilines is 1. The molecule has 0 bridgehead atoms. The zero-order valence-electron chi connectivity index (χ0n) is 11.3. The number of benzene rings is 1. The molecule has 0 saturated carbocycles. The number of nitrogens with zero attached hydrogens (tertiary/aromatic N) is 2. The molecule has 0 unspecified atom stereocenters. The standard InChI is InChI=1S/C12H15F2N3O3S/c1-21(19,20)17-4-2-16(3-5-17)12(18)9-6-8(13)7-10(15)11(9)14/h6-7H,2-5,15H2,1H3. The molecule has 0 radical (unpaired) electrons. The minimum Gasteiger partial charge on any atom is -0.396 e. The van der Waals surface area contributed by atoms with Crippen LogP contribution in [-0.4, -0.2) is 56.0 Å². The molecule has 2 N–H and O–H groups in total. The molecule has 2 rings (SSSR count). The predicted molar refractivity (Wildman–Crippen MR) is 73.1 cm³/mol. The van der Waals surface area contributed by atoms with Crippen molar-refractivity contribution < 1.29 is 22.0 Å². The van der Waals surface area contributed by atoms with Gasteiger partial charge in [0.05, 0.1) is 17.5 Å². The van der Waals surface area contributed by atoms with Crippen molar-refractivity contribution in [2.24, 2.45) is 0 Å². The summed E-state index contributed by atoms with van der Waals surface area (Å²) in [6.07, 6.45) is 1.08. The van der Waals surface area contributed by atoms with Gasteiger partial charge in [0.25, 0.3) is 5.91 Å². The number of sulfonamides is 1. The van der Waals surface area contributed by atoms with Crippen molar-refractivity contribution in [1.82, 2.24) is 9.21 Å². The summed E-state index contributed by atoms with van der Waals surface area (Å²) in [5, 5.41) is 0. The first-order valence-corrected chi connectivity index (χ1v) is 8.04. The SMILES string of the molecule is CS(=O)(=O)N1CCN(C(=O)c2cc(F)cc(N)c2F)CC1. The number of rotatable bonds is 2. The molecule has 1 fully saturated rings. The number of carbonyl (C=O) groups is 1. The fourth-order valence-corrected chi connectivity index (χ4v) is 2.99. The quantitative estimate of drug-likeness (QED) is 0.793. The van der Waals surface area contributed by atoms with Crippen molar-refractivity contribution in [3.05, 3.63) is 29.3 Å². The summed E-state index contributed by atoms with van der Waals surface area (Å²) in [5.41, 5.74) is 4.41. The Kier molecular flexibility index (Phi) is 4.15. The number of hydrogen-bond acceptors (Lipinski definition) is 4. The molecule has 0 spiro atoms. The van der Waals surface area contributed by atoms with Gasteiger partial charge in [-0.1, -0.05) is 0 Å². The smallest absolute Gasteiger partial charge is 0.257 e. The molecule has 1 aliphatic rings. The van der Waals surface area contributed by atoms with E-state index in [9.17, 15) is 22.0 Å². The van der Waals surface area contributed by atoms with Crippen molar-refractivity contribution in [3.63, 3.8) is 0 Å². The van der Waals surface area contributed by atoms with Gasteiger partial charge in [-0.3, -0.25) is 4.79 Å². The zero-order chi connectivity index (χ0) is 15.8. The Morgan fingerprint density at radius 3 is 2.29 bits per heavy atom. The van der Waals surface area contributed by atoms with Crippen molar-refractivity contribution in [2.45, 2.75) is 0 Å². The van der Waals surface area contributed by atoms with E-state index >= 15 is 0 Å². The average molecular weight is 319 g/mol. The van der Waals surface area contributed by atoms with Crippen molar-refractivity contribution in [1.29, 1.82) is 0 Å². The van der Waals surface area contributed by atoms with Gasteiger partial charge in [-0.2, -0.15) is 4.31 Å². The molecule has 1 aromatic rings. The number of nitrogen functional groups attached to an aromatic ring is 1. The largest absolute Gasteiger partial charge is 0.396 e. The Balaban J connectivity index is 2.16. The summed E-state index contributed by atoms with van der Waals surface area (Å²) >= 11 is 0. The first-order chi connectivity index (χ1) is 9.70. The van der Waals surface area contributed by atoms with Gasteiger partial charge < -0.3 is 10.6 Å². The summed E-state index contributed by atoms with van der Waals surface area (Å²) in [6, 6.07) is 1.59. The number of piperazine rings is 1. The van der Waals surface area contributed by atoms with Gasteiger partial charge in [-0.05, 0) is 12.1 Å². The third-order valence-electron chi connectivity index (χ3n) is 3.29. The van der Waals surface area contributed by atoms with Gasteiger partial charge in [0.1, 0.15) is 5.82 Å². The number of nitrogens with two attached hydrogens (primary N) is 1. The van der Waals surface area contributed by atoms with Crippen LogP contribution in [0.2, 0.25) is 0 Å². The van der Waals surface area contributed by atoms with Crippen LogP contribution < -0.4 is 5.73 Å². The molecule has 116 valence electrons. The molecule has 1 aromatic carbocycles. The topological polar surface area (TPSA) is 83.7 Å². The Hall–Kier alpha value is -1.74. The van der Waals surface area contributed by atoms with Gasteiger partial charge in [0, 0.05) is 26.2 Å². The van der Waals surface area contributed by atoms with E-state index in [1.54, 1.807) is 0 Å². The molecule has 1 heterocycles. The van der Waals surface area contributed by atoms with Crippen LogP contribution in [0.25, 0.3) is 0 Å². The number of amides is 1. The molecule has 21 heavy (non-hydrogen) atoms. The van der Waals surface area contributed by atoms with Crippen LogP contribution in [0.3, 0.4) is 0 Å². The predicted octanol–water partition coefficient (Wildman–Crippen LogP) is 0.264. The minimum atomic E-state index is -3.32. The molecule has 1 aliphatic heterocycles. The monoisotopic (exact) mass is 319 g/mol. The van der Waals surface area contributed by atoms with Crippen LogP contribution in [-0.2, 0) is 10.0 Å². The molecule has 0 aromatic heterocycles. The molecular weight excluding hydrogens is 304 g/mol. The lowest BCUT2D eigenvalue weighted by Crippen LogP contribution is -2.50. The van der Waals surface area contributed by atoms with Crippen LogP contribution in [0.4, 0.5) is 14.5 Å². The highest BCUT2D eigenvalue weighted by atomic mass is 32.2. The number of carbonyl (C=O) groups excluding carboxylic acids is 1. The number of hydrogen-bond donors (Lipinski definition) is 1. The highest BCUT2D eigenvalue weighted by molar-refractivity contribution is 7.88. The average Bonchev–Trinajstić information content (AvgIpc) is 2.41. The molecule has 9 heteroatoms. The van der Waals surface area contributed by atoms with Gasteiger partial charge in [0.15, 0.2) is 5.82 Å². The Bertz CT molecular complexity index is 671. The number of halogens is 2. The first-order valence-electron chi connectivity index (χ1n) is 6.19. The molecular formula is C12H15F2N3O3S.